The average molecular weight is 403 g/mol. The van der Waals surface area contributed by atoms with Crippen molar-refractivity contribution in [2.75, 3.05) is 6.61 Å². The van der Waals surface area contributed by atoms with Crippen molar-refractivity contribution in [1.29, 1.82) is 0 Å². The molecule has 0 aliphatic rings. The molecule has 0 saturated heterocycles. The molecule has 2 N–H and O–H groups in total. The number of rotatable bonds is 4. The second kappa shape index (κ2) is 9.14. The van der Waals surface area contributed by atoms with E-state index in [1.807, 2.05) is 13.0 Å². The molecule has 6 nitrogen and oxygen atoms in total. The number of aliphatic hydroxyl groups is 1. The molecule has 0 spiro atoms. The summed E-state index contributed by atoms with van der Waals surface area (Å²) in [5.41, 5.74) is 5.42. The van der Waals surface area contributed by atoms with E-state index in [4.69, 9.17) is 9.66 Å². The highest BCUT2D eigenvalue weighted by Crippen LogP contribution is 2.16. The Balaban J connectivity index is 0.000000221. The Bertz CT molecular complexity index is 1020. The van der Waals surface area contributed by atoms with Crippen molar-refractivity contribution in [2.24, 2.45) is 0 Å². The summed E-state index contributed by atoms with van der Waals surface area (Å²) in [6.45, 7) is 8.18. The van der Waals surface area contributed by atoms with Gasteiger partial charge in [-0.3, -0.25) is 4.55 Å². The molecule has 0 unspecified atom stereocenters. The normalized spacial score (nSPS) is 11.1. The number of hydrogen-bond acceptors (Lipinski definition) is 4. The summed E-state index contributed by atoms with van der Waals surface area (Å²) in [6.07, 6.45) is 0.605. The van der Waals surface area contributed by atoms with Gasteiger partial charge in [-0.25, -0.2) is 4.98 Å². The molecule has 0 aliphatic heterocycles. The molecular weight excluding hydrogens is 376 g/mol. The van der Waals surface area contributed by atoms with Crippen LogP contribution in [0.2, 0.25) is 0 Å². The number of aromatic nitrogens is 2. The van der Waals surface area contributed by atoms with Crippen molar-refractivity contribution in [1.82, 2.24) is 9.55 Å². The molecular formula is C21H26N2O4S. The lowest BCUT2D eigenvalue weighted by Gasteiger charge is -2.11. The second-order valence-electron chi connectivity index (χ2n) is 6.71. The van der Waals surface area contributed by atoms with Gasteiger partial charge in [0, 0.05) is 30.1 Å². The van der Waals surface area contributed by atoms with Crippen LogP contribution in [-0.2, 0) is 16.5 Å². The van der Waals surface area contributed by atoms with E-state index >= 15 is 0 Å². The molecule has 3 rings (SSSR count). The van der Waals surface area contributed by atoms with E-state index in [9.17, 15) is 8.42 Å². The van der Waals surface area contributed by atoms with Crippen LogP contribution in [0.5, 0.6) is 0 Å². The van der Waals surface area contributed by atoms with Crippen LogP contribution in [0.25, 0.3) is 5.82 Å². The summed E-state index contributed by atoms with van der Waals surface area (Å²) in [5.74, 6) is 0.938. The summed E-state index contributed by atoms with van der Waals surface area (Å²) in [7, 11) is -4.02. The molecule has 2 aromatic heterocycles. The van der Waals surface area contributed by atoms with Crippen LogP contribution in [0.1, 0.15) is 28.2 Å². The van der Waals surface area contributed by atoms with Crippen LogP contribution in [-0.4, -0.2) is 34.2 Å². The maximum atomic E-state index is 10.5. The van der Waals surface area contributed by atoms with Gasteiger partial charge in [-0.1, -0.05) is 17.7 Å². The fourth-order valence-corrected chi connectivity index (χ4v) is 3.30. The fraction of sp³-hybridized carbons (Fsp3) is 0.286. The highest BCUT2D eigenvalue weighted by molar-refractivity contribution is 7.85. The SMILES string of the molecule is Cc1cc(CCO)nc(-n2c(C)ccc2C)c1.Cc1ccc(S(=O)(=O)O)cc1. The predicted octanol–water partition coefficient (Wildman–Crippen LogP) is 3.57. The molecule has 0 amide bonds. The molecule has 150 valence electrons. The van der Waals surface area contributed by atoms with E-state index in [0.29, 0.717) is 6.42 Å². The topological polar surface area (TPSA) is 92.4 Å². The molecule has 0 atom stereocenters. The minimum absolute atomic E-state index is 0.0666. The van der Waals surface area contributed by atoms with Crippen LogP contribution in [0.3, 0.4) is 0 Å². The average Bonchev–Trinajstić information content (AvgIpc) is 2.93. The van der Waals surface area contributed by atoms with Gasteiger partial charge in [0.15, 0.2) is 0 Å². The summed E-state index contributed by atoms with van der Waals surface area (Å²) in [4.78, 5) is 4.52. The molecule has 1 aromatic carbocycles. The van der Waals surface area contributed by atoms with Crippen LogP contribution >= 0.6 is 0 Å². The van der Waals surface area contributed by atoms with Crippen LogP contribution in [0.4, 0.5) is 0 Å². The van der Waals surface area contributed by atoms with Crippen molar-refractivity contribution in [2.45, 2.75) is 39.0 Å². The number of aryl methyl sites for hydroxylation is 4. The van der Waals surface area contributed by atoms with Gasteiger partial charge in [-0.05, 0) is 69.7 Å². The van der Waals surface area contributed by atoms with Gasteiger partial charge < -0.3 is 9.67 Å². The van der Waals surface area contributed by atoms with Gasteiger partial charge in [0.25, 0.3) is 10.1 Å². The minimum atomic E-state index is -4.02. The molecule has 0 bridgehead atoms. The number of nitrogens with zero attached hydrogens (tertiary/aromatic N) is 2. The maximum absolute atomic E-state index is 10.5. The Labute approximate surface area is 166 Å². The highest BCUT2D eigenvalue weighted by atomic mass is 32.2. The zero-order valence-electron chi connectivity index (χ0n) is 16.5. The third kappa shape index (κ3) is 5.76. The molecule has 7 heteroatoms. The first-order valence-corrected chi connectivity index (χ1v) is 10.3. The first-order chi connectivity index (χ1) is 13.1. The summed E-state index contributed by atoms with van der Waals surface area (Å²) >= 11 is 0. The maximum Gasteiger partial charge on any atom is 0.294 e. The molecule has 0 fully saturated rings. The lowest BCUT2D eigenvalue weighted by atomic mass is 10.2. The van der Waals surface area contributed by atoms with Crippen LogP contribution in [0, 0.1) is 27.7 Å². The Morgan fingerprint density at radius 1 is 0.893 bits per heavy atom. The highest BCUT2D eigenvalue weighted by Gasteiger charge is 2.08. The zero-order chi connectivity index (χ0) is 20.9. The lowest BCUT2D eigenvalue weighted by molar-refractivity contribution is 0.298. The van der Waals surface area contributed by atoms with Crippen molar-refractivity contribution >= 4 is 10.1 Å². The van der Waals surface area contributed by atoms with Gasteiger partial charge in [0.05, 0.1) is 4.90 Å². The van der Waals surface area contributed by atoms with Gasteiger partial charge in [-0.15, -0.1) is 0 Å². The first kappa shape index (κ1) is 21.8. The number of pyridine rings is 1. The van der Waals surface area contributed by atoms with E-state index in [1.165, 1.54) is 29.1 Å². The van der Waals surface area contributed by atoms with Crippen LogP contribution in [0.15, 0.2) is 53.4 Å². The smallest absolute Gasteiger partial charge is 0.294 e. The van der Waals surface area contributed by atoms with Crippen molar-refractivity contribution in [3.63, 3.8) is 0 Å². The number of hydrogen-bond donors (Lipinski definition) is 2. The monoisotopic (exact) mass is 402 g/mol. The minimum Gasteiger partial charge on any atom is -0.396 e. The van der Waals surface area contributed by atoms with Crippen molar-refractivity contribution < 1.29 is 18.1 Å². The molecule has 2 heterocycles. The second-order valence-corrected chi connectivity index (χ2v) is 8.13. The van der Waals surface area contributed by atoms with Crippen molar-refractivity contribution in [3.8, 4) is 5.82 Å². The van der Waals surface area contributed by atoms with E-state index in [1.54, 1.807) is 12.1 Å². The number of benzene rings is 1. The standard InChI is InChI=1S/C14H18N2O.C7H8O3S/c1-10-8-13(6-7-17)15-14(9-10)16-11(2)4-5-12(16)3;1-6-2-4-7(5-3-6)11(8,9)10/h4-5,8-9,17H,6-7H2,1-3H3;2-5H,1H3,(H,8,9,10). The molecule has 0 radical (unpaired) electrons. The van der Waals surface area contributed by atoms with E-state index in [0.717, 1.165) is 17.1 Å². The Morgan fingerprint density at radius 3 is 1.96 bits per heavy atom. The van der Waals surface area contributed by atoms with E-state index < -0.39 is 10.1 Å². The van der Waals surface area contributed by atoms with Gasteiger partial charge in [0.1, 0.15) is 5.82 Å². The molecule has 0 saturated carbocycles. The Kier molecular flexibility index (Phi) is 7.12. The van der Waals surface area contributed by atoms with Gasteiger partial charge >= 0.3 is 0 Å². The van der Waals surface area contributed by atoms with Gasteiger partial charge in [0.2, 0.25) is 0 Å². The predicted molar refractivity (Wildman–Crippen MR) is 110 cm³/mol. The van der Waals surface area contributed by atoms with Gasteiger partial charge in [-0.2, -0.15) is 8.42 Å². The van der Waals surface area contributed by atoms with E-state index in [-0.39, 0.29) is 11.5 Å². The van der Waals surface area contributed by atoms with E-state index in [2.05, 4.69) is 48.5 Å². The molecule has 0 aliphatic carbocycles. The summed E-state index contributed by atoms with van der Waals surface area (Å²) < 4.78 is 31.7. The summed E-state index contributed by atoms with van der Waals surface area (Å²) in [5, 5.41) is 8.99. The third-order valence-electron chi connectivity index (χ3n) is 4.20. The molecule has 28 heavy (non-hydrogen) atoms. The largest absolute Gasteiger partial charge is 0.396 e. The Morgan fingerprint density at radius 2 is 1.46 bits per heavy atom. The number of aliphatic hydroxyl groups excluding tert-OH is 1. The van der Waals surface area contributed by atoms with Crippen molar-refractivity contribution in [3.05, 3.63) is 76.7 Å². The van der Waals surface area contributed by atoms with Crippen LogP contribution < -0.4 is 0 Å². The quantitative estimate of drug-likeness (QED) is 0.651. The summed E-state index contributed by atoms with van der Waals surface area (Å²) in [6, 6.07) is 14.3. The first-order valence-electron chi connectivity index (χ1n) is 8.89. The fourth-order valence-electron chi connectivity index (χ4n) is 2.82. The zero-order valence-corrected chi connectivity index (χ0v) is 17.4. The lowest BCUT2D eigenvalue weighted by Crippen LogP contribution is -2.05. The molecule has 3 aromatic rings. The Hall–Kier alpha value is -2.48. The third-order valence-corrected chi connectivity index (χ3v) is 5.06.